The second kappa shape index (κ2) is 14.5. The van der Waals surface area contributed by atoms with Crippen molar-refractivity contribution in [3.63, 3.8) is 0 Å². The van der Waals surface area contributed by atoms with Crippen molar-refractivity contribution in [2.75, 3.05) is 0 Å². The van der Waals surface area contributed by atoms with Gasteiger partial charge in [0.1, 0.15) is 0 Å². The smallest absolute Gasteiger partial charge is 0.0106 e. The molecule has 1 nitrogen and oxygen atoms in total. The van der Waals surface area contributed by atoms with Crippen LogP contribution in [-0.4, -0.2) is 4.57 Å². The van der Waals surface area contributed by atoms with Crippen LogP contribution in [0.4, 0.5) is 0 Å². The van der Waals surface area contributed by atoms with E-state index in [4.69, 9.17) is 0 Å². The van der Waals surface area contributed by atoms with Crippen molar-refractivity contribution in [3.8, 4) is 0 Å². The molecule has 17 heavy (non-hydrogen) atoms. The predicted octanol–water partition coefficient (Wildman–Crippen LogP) is 5.07. The lowest BCUT2D eigenvalue weighted by Crippen LogP contribution is -1.75. The minimum Gasteiger partial charge on any atom is -0.357 e. The second-order valence-electron chi connectivity index (χ2n) is 3.00. The minimum atomic E-state index is 1.32. The van der Waals surface area contributed by atoms with Crippen LogP contribution in [0.1, 0.15) is 33.3 Å². The van der Waals surface area contributed by atoms with E-state index in [2.05, 4.69) is 19.1 Å². The van der Waals surface area contributed by atoms with E-state index in [-0.39, 0.29) is 0 Å². The van der Waals surface area contributed by atoms with Gasteiger partial charge in [-0.15, -0.1) is 0 Å². The van der Waals surface area contributed by atoms with Gasteiger partial charge in [-0.3, -0.25) is 0 Å². The molecule has 0 aliphatic rings. The van der Waals surface area contributed by atoms with Gasteiger partial charge in [-0.1, -0.05) is 63.6 Å². The Morgan fingerprint density at radius 3 is 1.29 bits per heavy atom. The monoisotopic (exact) mass is 233 g/mol. The Hall–Kier alpha value is -1.50. The summed E-state index contributed by atoms with van der Waals surface area (Å²) in [5.41, 5.74) is 1.32. The molecule has 1 aromatic heterocycles. The summed E-state index contributed by atoms with van der Waals surface area (Å²) in [7, 11) is 2.00. The van der Waals surface area contributed by atoms with E-state index < -0.39 is 0 Å². The summed E-state index contributed by atoms with van der Waals surface area (Å²) in [5, 5.41) is 0. The van der Waals surface area contributed by atoms with Crippen LogP contribution in [0.3, 0.4) is 0 Å². The van der Waals surface area contributed by atoms with E-state index in [1.165, 1.54) is 5.56 Å². The Balaban J connectivity index is 0. The number of aromatic nitrogens is 1. The van der Waals surface area contributed by atoms with Gasteiger partial charge in [-0.05, 0) is 19.1 Å². The standard InChI is InChI=1S/C7H8.C5H7N.2C2H6/c1-7-5-3-2-4-6-7;1-6-4-2-3-5-6;2*1-2/h2-6H,1H3;2-5H,1H3;2*1-2H3. The van der Waals surface area contributed by atoms with Crippen LogP contribution in [0.15, 0.2) is 54.9 Å². The fourth-order valence-electron chi connectivity index (χ4n) is 0.955. The van der Waals surface area contributed by atoms with Crippen LogP contribution in [0, 0.1) is 6.92 Å². The van der Waals surface area contributed by atoms with E-state index >= 15 is 0 Å². The Morgan fingerprint density at radius 1 is 0.706 bits per heavy atom. The van der Waals surface area contributed by atoms with Crippen molar-refractivity contribution < 1.29 is 0 Å². The molecule has 0 saturated carbocycles. The summed E-state index contributed by atoms with van der Waals surface area (Å²) in [6.07, 6.45) is 4.00. The summed E-state index contributed by atoms with van der Waals surface area (Å²) in [6, 6.07) is 14.3. The zero-order chi connectivity index (χ0) is 13.5. The zero-order valence-corrected chi connectivity index (χ0v) is 12.1. The van der Waals surface area contributed by atoms with Gasteiger partial charge in [0, 0.05) is 19.4 Å². The molecule has 2 rings (SSSR count). The van der Waals surface area contributed by atoms with E-state index in [0.29, 0.717) is 0 Å². The average Bonchev–Trinajstić information content (AvgIpc) is 2.87. The maximum Gasteiger partial charge on any atom is 0.0106 e. The lowest BCUT2D eigenvalue weighted by molar-refractivity contribution is 0.928. The number of benzene rings is 1. The molecule has 0 N–H and O–H groups in total. The largest absolute Gasteiger partial charge is 0.357 e. The van der Waals surface area contributed by atoms with Crippen LogP contribution >= 0.6 is 0 Å². The number of hydrogen-bond acceptors (Lipinski definition) is 0. The van der Waals surface area contributed by atoms with Gasteiger partial charge < -0.3 is 4.57 Å². The van der Waals surface area contributed by atoms with Gasteiger partial charge in [-0.2, -0.15) is 0 Å². The molecular weight excluding hydrogens is 206 g/mol. The zero-order valence-electron chi connectivity index (χ0n) is 12.1. The quantitative estimate of drug-likeness (QED) is 0.598. The molecule has 0 spiro atoms. The van der Waals surface area contributed by atoms with Gasteiger partial charge in [0.05, 0.1) is 0 Å². The molecule has 1 heterocycles. The van der Waals surface area contributed by atoms with E-state index in [1.54, 1.807) is 0 Å². The SMILES string of the molecule is CC.CC.Cc1ccccc1.Cn1cccc1. The summed E-state index contributed by atoms with van der Waals surface area (Å²) in [6.45, 7) is 10.1. The first-order valence-electron chi connectivity index (χ1n) is 6.37. The summed E-state index contributed by atoms with van der Waals surface area (Å²) in [5.74, 6) is 0. The second-order valence-corrected chi connectivity index (χ2v) is 3.00. The first-order valence-corrected chi connectivity index (χ1v) is 6.37. The van der Waals surface area contributed by atoms with Gasteiger partial charge in [0.2, 0.25) is 0 Å². The lowest BCUT2D eigenvalue weighted by atomic mass is 10.2. The predicted molar refractivity (Wildman–Crippen MR) is 79.3 cm³/mol. The van der Waals surface area contributed by atoms with Gasteiger partial charge >= 0.3 is 0 Å². The van der Waals surface area contributed by atoms with Gasteiger partial charge in [0.25, 0.3) is 0 Å². The fourth-order valence-corrected chi connectivity index (χ4v) is 0.955. The summed E-state index contributed by atoms with van der Waals surface area (Å²) < 4.78 is 2.00. The Bertz CT molecular complexity index is 309. The summed E-state index contributed by atoms with van der Waals surface area (Å²) in [4.78, 5) is 0. The van der Waals surface area contributed by atoms with Crippen LogP contribution in [0.25, 0.3) is 0 Å². The van der Waals surface area contributed by atoms with Crippen LogP contribution < -0.4 is 0 Å². The normalized spacial score (nSPS) is 7.41. The number of nitrogens with zero attached hydrogens (tertiary/aromatic N) is 1. The van der Waals surface area contributed by atoms with Gasteiger partial charge in [0.15, 0.2) is 0 Å². The molecule has 1 heteroatoms. The van der Waals surface area contributed by atoms with E-state index in [1.807, 2.05) is 82.0 Å². The third-order valence-corrected chi connectivity index (χ3v) is 1.69. The lowest BCUT2D eigenvalue weighted by Gasteiger charge is -1.82. The van der Waals surface area contributed by atoms with Crippen molar-refractivity contribution in [1.29, 1.82) is 0 Å². The molecule has 0 saturated heterocycles. The molecule has 2 aromatic rings. The van der Waals surface area contributed by atoms with Crippen molar-refractivity contribution >= 4 is 0 Å². The van der Waals surface area contributed by atoms with Crippen molar-refractivity contribution in [2.24, 2.45) is 7.05 Å². The third-order valence-electron chi connectivity index (χ3n) is 1.69. The molecule has 0 amide bonds. The Kier molecular flexibility index (Phi) is 15.3. The molecule has 0 bridgehead atoms. The maximum absolute atomic E-state index is 2.08. The molecule has 0 aliphatic carbocycles. The molecule has 96 valence electrons. The average molecular weight is 233 g/mol. The molecule has 1 aromatic carbocycles. The molecular formula is C16H27N. The van der Waals surface area contributed by atoms with Crippen molar-refractivity contribution in [1.82, 2.24) is 4.57 Å². The summed E-state index contributed by atoms with van der Waals surface area (Å²) >= 11 is 0. The first kappa shape index (κ1) is 17.9. The molecule has 0 radical (unpaired) electrons. The highest BCUT2D eigenvalue weighted by Crippen LogP contribution is 1.92. The van der Waals surface area contributed by atoms with E-state index in [9.17, 15) is 0 Å². The third kappa shape index (κ3) is 12.4. The van der Waals surface area contributed by atoms with Crippen LogP contribution in [-0.2, 0) is 7.05 Å². The van der Waals surface area contributed by atoms with Crippen LogP contribution in [0.2, 0.25) is 0 Å². The minimum absolute atomic E-state index is 1.32. The topological polar surface area (TPSA) is 4.93 Å². The maximum atomic E-state index is 2.08. The van der Waals surface area contributed by atoms with Crippen LogP contribution in [0.5, 0.6) is 0 Å². The highest BCUT2D eigenvalue weighted by Gasteiger charge is 1.72. The Labute approximate surface area is 107 Å². The highest BCUT2D eigenvalue weighted by molar-refractivity contribution is 5.11. The molecule has 0 aliphatic heterocycles. The number of hydrogen-bond donors (Lipinski definition) is 0. The number of rotatable bonds is 0. The van der Waals surface area contributed by atoms with Crippen molar-refractivity contribution in [3.05, 3.63) is 60.4 Å². The van der Waals surface area contributed by atoms with Gasteiger partial charge in [-0.25, -0.2) is 0 Å². The molecule has 0 unspecified atom stereocenters. The highest BCUT2D eigenvalue weighted by atomic mass is 14.9. The van der Waals surface area contributed by atoms with E-state index in [0.717, 1.165) is 0 Å². The number of aryl methyl sites for hydroxylation is 2. The molecule has 0 fully saturated rings. The fraction of sp³-hybridized carbons (Fsp3) is 0.375. The van der Waals surface area contributed by atoms with Crippen molar-refractivity contribution in [2.45, 2.75) is 34.6 Å². The Morgan fingerprint density at radius 2 is 1.12 bits per heavy atom. The first-order chi connectivity index (χ1) is 8.29. The molecule has 0 atom stereocenters.